The predicted octanol–water partition coefficient (Wildman–Crippen LogP) is 2.10. The Bertz CT molecular complexity index is 620. The van der Waals surface area contributed by atoms with E-state index in [4.69, 9.17) is 0 Å². The molecule has 6 heteroatoms. The summed E-state index contributed by atoms with van der Waals surface area (Å²) >= 11 is 1.71. The third kappa shape index (κ3) is 3.56. The molecule has 1 aliphatic rings. The van der Waals surface area contributed by atoms with E-state index in [0.717, 1.165) is 19.6 Å². The van der Waals surface area contributed by atoms with Crippen molar-refractivity contribution in [3.8, 4) is 0 Å². The molecule has 0 saturated carbocycles. The quantitative estimate of drug-likeness (QED) is 0.939. The molecule has 0 saturated heterocycles. The molecule has 0 aliphatic carbocycles. The van der Waals surface area contributed by atoms with Crippen LogP contribution in [0.15, 0.2) is 29.1 Å². The van der Waals surface area contributed by atoms with Crippen LogP contribution in [0.1, 0.15) is 25.1 Å². The van der Waals surface area contributed by atoms with Gasteiger partial charge in [-0.3, -0.25) is 14.4 Å². The molecule has 0 unspecified atom stereocenters. The summed E-state index contributed by atoms with van der Waals surface area (Å²) in [6, 6.07) is 4.36. The summed E-state index contributed by atoms with van der Waals surface area (Å²) in [6.07, 6.45) is 1.82. The molecule has 2 aromatic rings. The van der Waals surface area contributed by atoms with Gasteiger partial charge in [-0.25, -0.2) is 0 Å². The molecule has 1 atom stereocenters. The maximum Gasteiger partial charge on any atom is 0.226 e. The first-order valence-corrected chi connectivity index (χ1v) is 8.60. The molecule has 1 aliphatic heterocycles. The van der Waals surface area contributed by atoms with Crippen LogP contribution < -0.4 is 5.32 Å². The SMILES string of the molecule is CC(C)NC(=O)[C@H]1CN(Cc2ccsc2)Cc2ccnn2C1. The lowest BCUT2D eigenvalue weighted by Gasteiger charge is -2.23. The molecular formula is C16H22N4OS. The minimum Gasteiger partial charge on any atom is -0.354 e. The molecule has 118 valence electrons. The van der Waals surface area contributed by atoms with Crippen molar-refractivity contribution in [2.24, 2.45) is 5.92 Å². The fourth-order valence-corrected chi connectivity index (χ4v) is 3.52. The van der Waals surface area contributed by atoms with Gasteiger partial charge in [-0.15, -0.1) is 0 Å². The monoisotopic (exact) mass is 318 g/mol. The highest BCUT2D eigenvalue weighted by atomic mass is 32.1. The van der Waals surface area contributed by atoms with E-state index in [2.05, 4.69) is 32.1 Å². The molecule has 0 fully saturated rings. The molecular weight excluding hydrogens is 296 g/mol. The summed E-state index contributed by atoms with van der Waals surface area (Å²) in [5.74, 6) is 0.0517. The average molecular weight is 318 g/mol. The number of fused-ring (bicyclic) bond motifs is 1. The van der Waals surface area contributed by atoms with Crippen molar-refractivity contribution in [1.29, 1.82) is 0 Å². The minimum absolute atomic E-state index is 0.0674. The van der Waals surface area contributed by atoms with Crippen molar-refractivity contribution in [3.05, 3.63) is 40.3 Å². The lowest BCUT2D eigenvalue weighted by Crippen LogP contribution is -2.41. The fraction of sp³-hybridized carbons (Fsp3) is 0.500. The van der Waals surface area contributed by atoms with E-state index < -0.39 is 0 Å². The van der Waals surface area contributed by atoms with E-state index in [0.29, 0.717) is 6.54 Å². The van der Waals surface area contributed by atoms with Crippen molar-refractivity contribution >= 4 is 17.2 Å². The first-order chi connectivity index (χ1) is 10.6. The molecule has 1 amide bonds. The van der Waals surface area contributed by atoms with Crippen molar-refractivity contribution in [1.82, 2.24) is 20.0 Å². The van der Waals surface area contributed by atoms with Crippen LogP contribution in [-0.4, -0.2) is 33.2 Å². The van der Waals surface area contributed by atoms with Crippen molar-refractivity contribution in [2.75, 3.05) is 6.54 Å². The standard InChI is InChI=1S/C16H22N4OS/c1-12(2)18-16(21)14-8-19(7-13-4-6-22-11-13)10-15-3-5-17-20(15)9-14/h3-6,11-12,14H,7-10H2,1-2H3,(H,18,21)/t14-/m0/s1. The molecule has 3 heterocycles. The lowest BCUT2D eigenvalue weighted by molar-refractivity contribution is -0.126. The number of rotatable bonds is 4. The van der Waals surface area contributed by atoms with E-state index in [1.165, 1.54) is 11.3 Å². The molecule has 1 N–H and O–H groups in total. The zero-order valence-corrected chi connectivity index (χ0v) is 13.8. The van der Waals surface area contributed by atoms with E-state index in [9.17, 15) is 4.79 Å². The molecule has 3 rings (SSSR count). The zero-order valence-electron chi connectivity index (χ0n) is 13.0. The zero-order chi connectivity index (χ0) is 15.5. The highest BCUT2D eigenvalue weighted by Crippen LogP contribution is 2.19. The number of carbonyl (C=O) groups excluding carboxylic acids is 1. The third-order valence-corrected chi connectivity index (χ3v) is 4.58. The maximum atomic E-state index is 12.5. The lowest BCUT2D eigenvalue weighted by atomic mass is 10.1. The van der Waals surface area contributed by atoms with Gasteiger partial charge in [0.25, 0.3) is 0 Å². The van der Waals surface area contributed by atoms with Crippen molar-refractivity contribution < 1.29 is 4.79 Å². The number of thiophene rings is 1. The Morgan fingerprint density at radius 1 is 1.45 bits per heavy atom. The molecule has 22 heavy (non-hydrogen) atoms. The number of carbonyl (C=O) groups is 1. The second kappa shape index (κ2) is 6.62. The molecule has 0 radical (unpaired) electrons. The smallest absolute Gasteiger partial charge is 0.226 e. The Morgan fingerprint density at radius 2 is 2.32 bits per heavy atom. The largest absolute Gasteiger partial charge is 0.354 e. The van der Waals surface area contributed by atoms with Crippen LogP contribution in [0.25, 0.3) is 0 Å². The highest BCUT2D eigenvalue weighted by Gasteiger charge is 2.27. The maximum absolute atomic E-state index is 12.5. The number of aromatic nitrogens is 2. The predicted molar refractivity (Wildman–Crippen MR) is 87.4 cm³/mol. The topological polar surface area (TPSA) is 50.2 Å². The number of amides is 1. The fourth-order valence-electron chi connectivity index (χ4n) is 2.86. The second-order valence-electron chi connectivity index (χ2n) is 6.17. The number of hydrogen-bond donors (Lipinski definition) is 1. The van der Waals surface area contributed by atoms with E-state index in [1.54, 1.807) is 11.3 Å². The van der Waals surface area contributed by atoms with Crippen molar-refractivity contribution in [3.63, 3.8) is 0 Å². The Morgan fingerprint density at radius 3 is 3.05 bits per heavy atom. The van der Waals surface area contributed by atoms with E-state index in [1.807, 2.05) is 30.8 Å². The Labute approximate surface area is 134 Å². The van der Waals surface area contributed by atoms with Crippen LogP contribution in [0.5, 0.6) is 0 Å². The summed E-state index contributed by atoms with van der Waals surface area (Å²) in [5.41, 5.74) is 2.48. The van der Waals surface area contributed by atoms with E-state index in [-0.39, 0.29) is 17.9 Å². The van der Waals surface area contributed by atoms with Gasteiger partial charge in [0, 0.05) is 31.9 Å². The summed E-state index contributed by atoms with van der Waals surface area (Å²) in [4.78, 5) is 14.8. The number of nitrogens with zero attached hydrogens (tertiary/aromatic N) is 3. The van der Waals surface area contributed by atoms with Crippen LogP contribution in [0.4, 0.5) is 0 Å². The highest BCUT2D eigenvalue weighted by molar-refractivity contribution is 7.07. The first-order valence-electron chi connectivity index (χ1n) is 7.66. The molecule has 2 aromatic heterocycles. The van der Waals surface area contributed by atoms with Crippen LogP contribution >= 0.6 is 11.3 Å². The molecule has 0 spiro atoms. The summed E-state index contributed by atoms with van der Waals surface area (Å²) in [6.45, 7) is 7.12. The summed E-state index contributed by atoms with van der Waals surface area (Å²) < 4.78 is 1.97. The Kier molecular flexibility index (Phi) is 4.59. The molecule has 0 bridgehead atoms. The summed E-state index contributed by atoms with van der Waals surface area (Å²) in [7, 11) is 0. The number of hydrogen-bond acceptors (Lipinski definition) is 4. The molecule has 0 aromatic carbocycles. The van der Waals surface area contributed by atoms with E-state index >= 15 is 0 Å². The van der Waals surface area contributed by atoms with Crippen LogP contribution in [0.3, 0.4) is 0 Å². The van der Waals surface area contributed by atoms with Crippen LogP contribution in [0, 0.1) is 5.92 Å². The van der Waals surface area contributed by atoms with Gasteiger partial charge in [-0.2, -0.15) is 16.4 Å². The van der Waals surface area contributed by atoms with Gasteiger partial charge >= 0.3 is 0 Å². The van der Waals surface area contributed by atoms with Crippen LogP contribution in [-0.2, 0) is 24.4 Å². The van der Waals surface area contributed by atoms with Crippen molar-refractivity contribution in [2.45, 2.75) is 39.5 Å². The second-order valence-corrected chi connectivity index (χ2v) is 6.95. The number of nitrogens with one attached hydrogen (secondary N) is 1. The van der Waals surface area contributed by atoms with Gasteiger partial charge in [0.15, 0.2) is 0 Å². The Hall–Kier alpha value is -1.66. The van der Waals surface area contributed by atoms with Gasteiger partial charge in [-0.1, -0.05) is 0 Å². The minimum atomic E-state index is -0.0674. The van der Waals surface area contributed by atoms with Gasteiger partial charge < -0.3 is 5.32 Å². The normalized spacial score (nSPS) is 19.0. The summed E-state index contributed by atoms with van der Waals surface area (Å²) in [5, 5.41) is 11.7. The third-order valence-electron chi connectivity index (χ3n) is 3.85. The van der Waals surface area contributed by atoms with Gasteiger partial charge in [0.2, 0.25) is 5.91 Å². The van der Waals surface area contributed by atoms with Crippen LogP contribution in [0.2, 0.25) is 0 Å². The first kappa shape index (κ1) is 15.2. The Balaban J connectivity index is 1.78. The molecule has 5 nitrogen and oxygen atoms in total. The van der Waals surface area contributed by atoms with Gasteiger partial charge in [-0.05, 0) is 42.3 Å². The average Bonchev–Trinajstić information content (AvgIpc) is 3.07. The van der Waals surface area contributed by atoms with Gasteiger partial charge in [0.05, 0.1) is 18.2 Å². The van der Waals surface area contributed by atoms with Gasteiger partial charge in [0.1, 0.15) is 0 Å².